The van der Waals surface area contributed by atoms with E-state index in [4.69, 9.17) is 11.5 Å². The molecule has 5 rings (SSSR count). The van der Waals surface area contributed by atoms with Crippen molar-refractivity contribution >= 4 is 56.1 Å². The smallest absolute Gasteiger partial charge is 0.230 e. The van der Waals surface area contributed by atoms with Gasteiger partial charge in [0, 0.05) is 23.2 Å². The Morgan fingerprint density at radius 1 is 0.737 bits per heavy atom. The number of carbonyl (C=O) groups is 2. The third-order valence-corrected chi connectivity index (χ3v) is 8.56. The minimum atomic E-state index is -0.175. The van der Waals surface area contributed by atoms with E-state index in [9.17, 15) is 9.59 Å². The fourth-order valence-electron chi connectivity index (χ4n) is 4.60. The van der Waals surface area contributed by atoms with Gasteiger partial charge in [0.05, 0.1) is 12.8 Å². The monoisotopic (exact) mass is 548 g/mol. The summed E-state index contributed by atoms with van der Waals surface area (Å²) in [7, 11) is 0. The zero-order chi connectivity index (χ0) is 26.5. The van der Waals surface area contributed by atoms with Crippen molar-refractivity contribution in [2.45, 2.75) is 50.4 Å². The molecule has 1 aliphatic rings. The van der Waals surface area contributed by atoms with E-state index in [1.165, 1.54) is 22.7 Å². The Morgan fingerprint density at radius 2 is 1.18 bits per heavy atom. The highest BCUT2D eigenvalue weighted by molar-refractivity contribution is 7.15. The van der Waals surface area contributed by atoms with Gasteiger partial charge in [-0.1, -0.05) is 65.5 Å². The van der Waals surface area contributed by atoms with Gasteiger partial charge < -0.3 is 22.1 Å². The fourth-order valence-corrected chi connectivity index (χ4v) is 6.42. The van der Waals surface area contributed by atoms with Crippen molar-refractivity contribution < 1.29 is 9.59 Å². The number of para-hydroxylation sites is 2. The van der Waals surface area contributed by atoms with E-state index >= 15 is 0 Å². The average Bonchev–Trinajstić information content (AvgIpc) is 3.57. The Labute approximate surface area is 227 Å². The summed E-state index contributed by atoms with van der Waals surface area (Å²) in [5.41, 5.74) is 14.6. The average molecular weight is 549 g/mol. The van der Waals surface area contributed by atoms with E-state index in [2.05, 4.69) is 31.0 Å². The van der Waals surface area contributed by atoms with E-state index in [1.54, 1.807) is 12.1 Å². The Hall–Kier alpha value is -3.90. The van der Waals surface area contributed by atoms with Gasteiger partial charge in [-0.15, -0.1) is 20.4 Å². The summed E-state index contributed by atoms with van der Waals surface area (Å²) in [5, 5.41) is 25.6. The van der Waals surface area contributed by atoms with E-state index < -0.39 is 0 Å². The first kappa shape index (κ1) is 25.7. The highest BCUT2D eigenvalue weighted by atomic mass is 32.1. The second kappa shape index (κ2) is 11.7. The van der Waals surface area contributed by atoms with Gasteiger partial charge in [0.15, 0.2) is 0 Å². The van der Waals surface area contributed by atoms with Crippen LogP contribution in [-0.2, 0) is 22.4 Å². The zero-order valence-electron chi connectivity index (χ0n) is 20.6. The maximum atomic E-state index is 12.5. The van der Waals surface area contributed by atoms with Crippen molar-refractivity contribution in [2.75, 3.05) is 22.1 Å². The summed E-state index contributed by atoms with van der Waals surface area (Å²) in [4.78, 5) is 25.0. The molecule has 0 saturated heterocycles. The molecule has 4 aromatic rings. The van der Waals surface area contributed by atoms with E-state index in [-0.39, 0.29) is 36.5 Å². The van der Waals surface area contributed by atoms with Crippen LogP contribution in [-0.4, -0.2) is 32.2 Å². The number of aromatic nitrogens is 4. The number of nitrogen functional groups attached to an aromatic ring is 2. The number of hydrogen-bond donors (Lipinski definition) is 4. The van der Waals surface area contributed by atoms with Crippen LogP contribution in [0.4, 0.5) is 21.6 Å². The molecule has 38 heavy (non-hydrogen) atoms. The van der Waals surface area contributed by atoms with Crippen molar-refractivity contribution in [1.82, 2.24) is 20.4 Å². The number of carbonyl (C=O) groups excluding carboxylic acids is 2. The van der Waals surface area contributed by atoms with Gasteiger partial charge in [0.25, 0.3) is 0 Å². The van der Waals surface area contributed by atoms with Crippen LogP contribution in [0.1, 0.15) is 58.7 Å². The first-order chi connectivity index (χ1) is 18.4. The molecule has 10 nitrogen and oxygen atoms in total. The lowest BCUT2D eigenvalue weighted by atomic mass is 9.82. The molecule has 0 aliphatic heterocycles. The molecule has 6 N–H and O–H groups in total. The first-order valence-electron chi connectivity index (χ1n) is 12.4. The number of hydrogen-bond acceptors (Lipinski definition) is 10. The van der Waals surface area contributed by atoms with E-state index in [1.807, 2.05) is 36.4 Å². The minimum Gasteiger partial charge on any atom is -0.398 e. The summed E-state index contributed by atoms with van der Waals surface area (Å²) in [6, 6.07) is 14.6. The summed E-state index contributed by atoms with van der Waals surface area (Å²) in [6.45, 7) is 0. The number of benzene rings is 2. The van der Waals surface area contributed by atoms with Gasteiger partial charge >= 0.3 is 0 Å². The van der Waals surface area contributed by atoms with Crippen LogP contribution in [0.2, 0.25) is 0 Å². The van der Waals surface area contributed by atoms with Crippen LogP contribution in [0.3, 0.4) is 0 Å². The number of nitrogens with two attached hydrogens (primary N) is 2. The molecule has 12 heteroatoms. The van der Waals surface area contributed by atoms with Gasteiger partial charge in [-0.3, -0.25) is 9.59 Å². The molecule has 1 aliphatic carbocycles. The molecule has 2 heterocycles. The second-order valence-electron chi connectivity index (χ2n) is 9.30. The molecule has 2 aromatic heterocycles. The summed E-state index contributed by atoms with van der Waals surface area (Å²) < 4.78 is 0. The Balaban J connectivity index is 1.16. The number of amides is 2. The molecule has 2 unspecified atom stereocenters. The topological polar surface area (TPSA) is 162 Å². The van der Waals surface area contributed by atoms with Crippen molar-refractivity contribution in [3.05, 3.63) is 69.7 Å². The molecule has 2 aromatic carbocycles. The lowest BCUT2D eigenvalue weighted by Gasteiger charge is -2.25. The van der Waals surface area contributed by atoms with Crippen LogP contribution in [0.15, 0.2) is 48.5 Å². The Kier molecular flexibility index (Phi) is 7.89. The molecule has 0 radical (unpaired) electrons. The van der Waals surface area contributed by atoms with Crippen molar-refractivity contribution in [3.63, 3.8) is 0 Å². The largest absolute Gasteiger partial charge is 0.398 e. The van der Waals surface area contributed by atoms with Gasteiger partial charge in [-0.05, 0) is 42.5 Å². The van der Waals surface area contributed by atoms with Crippen LogP contribution in [0.25, 0.3) is 0 Å². The third kappa shape index (κ3) is 6.32. The highest BCUT2D eigenvalue weighted by Crippen LogP contribution is 2.43. The summed E-state index contributed by atoms with van der Waals surface area (Å²) >= 11 is 2.82. The van der Waals surface area contributed by atoms with Crippen molar-refractivity contribution in [3.8, 4) is 0 Å². The number of nitrogens with zero attached hydrogens (tertiary/aromatic N) is 4. The molecule has 196 valence electrons. The Bertz CT molecular complexity index is 1330. The standard InChI is InChI=1S/C26H28N8O2S2/c27-19-10-3-1-6-15(19)13-21(35)29-25-33-31-23(37-25)17-8-5-9-18(12-17)24-32-34-26(38-24)30-22(36)14-16-7-2-4-11-20(16)28/h1-4,6-7,10-11,17-18H,5,8-9,12-14,27-28H2,(H,29,33,35)(H,30,34,36). The van der Waals surface area contributed by atoms with Crippen molar-refractivity contribution in [1.29, 1.82) is 0 Å². The van der Waals surface area contributed by atoms with Crippen LogP contribution >= 0.6 is 22.7 Å². The van der Waals surface area contributed by atoms with Crippen molar-refractivity contribution in [2.24, 2.45) is 0 Å². The molecule has 1 saturated carbocycles. The maximum absolute atomic E-state index is 12.5. The van der Waals surface area contributed by atoms with Crippen LogP contribution < -0.4 is 22.1 Å². The SMILES string of the molecule is Nc1ccccc1CC(=O)Nc1nnc(C2CCCC(c3nnc(NC(=O)Cc4ccccc4N)s3)C2)s1. The van der Waals surface area contributed by atoms with Gasteiger partial charge in [-0.2, -0.15) is 0 Å². The first-order valence-corrected chi connectivity index (χ1v) is 14.0. The molecular formula is C26H28N8O2S2. The number of rotatable bonds is 8. The highest BCUT2D eigenvalue weighted by Gasteiger charge is 2.29. The number of nitrogens with one attached hydrogen (secondary N) is 2. The molecule has 2 amide bonds. The Morgan fingerprint density at radius 3 is 1.63 bits per heavy atom. The third-order valence-electron chi connectivity index (χ3n) is 6.56. The van der Waals surface area contributed by atoms with Gasteiger partial charge in [0.2, 0.25) is 22.1 Å². The van der Waals surface area contributed by atoms with Crippen LogP contribution in [0.5, 0.6) is 0 Å². The zero-order valence-corrected chi connectivity index (χ0v) is 22.2. The molecule has 0 spiro atoms. The molecule has 0 bridgehead atoms. The maximum Gasteiger partial charge on any atom is 0.230 e. The summed E-state index contributed by atoms with van der Waals surface area (Å²) in [5.74, 6) is 0.102. The van der Waals surface area contributed by atoms with E-state index in [0.717, 1.165) is 46.8 Å². The van der Waals surface area contributed by atoms with Gasteiger partial charge in [-0.25, -0.2) is 0 Å². The summed E-state index contributed by atoms with van der Waals surface area (Å²) in [6.07, 6.45) is 4.26. The fraction of sp³-hybridized carbons (Fsp3) is 0.308. The normalized spacial score (nSPS) is 17.2. The lowest BCUT2D eigenvalue weighted by molar-refractivity contribution is -0.116. The molecule has 2 atom stereocenters. The van der Waals surface area contributed by atoms with Crippen LogP contribution in [0, 0.1) is 0 Å². The minimum absolute atomic E-state index is 0.175. The number of anilines is 4. The van der Waals surface area contributed by atoms with E-state index in [0.29, 0.717) is 21.6 Å². The second-order valence-corrected chi connectivity index (χ2v) is 11.3. The molecule has 1 fully saturated rings. The quantitative estimate of drug-likeness (QED) is 0.236. The lowest BCUT2D eigenvalue weighted by Crippen LogP contribution is -2.15. The predicted molar refractivity (Wildman–Crippen MR) is 150 cm³/mol. The molecular weight excluding hydrogens is 520 g/mol. The predicted octanol–water partition coefficient (Wildman–Crippen LogP) is 4.36. The van der Waals surface area contributed by atoms with Gasteiger partial charge in [0.1, 0.15) is 10.0 Å².